The Kier molecular flexibility index (Phi) is 6.26. The average Bonchev–Trinajstić information content (AvgIpc) is 3.11. The Morgan fingerprint density at radius 1 is 1.45 bits per heavy atom. The van der Waals surface area contributed by atoms with Gasteiger partial charge in [-0.15, -0.1) is 11.3 Å². The summed E-state index contributed by atoms with van der Waals surface area (Å²) < 4.78 is 2.85. The van der Waals surface area contributed by atoms with E-state index < -0.39 is 0 Å². The van der Waals surface area contributed by atoms with E-state index >= 15 is 0 Å². The van der Waals surface area contributed by atoms with Crippen LogP contribution in [-0.4, -0.2) is 15.7 Å². The highest BCUT2D eigenvalue weighted by atomic mass is 79.9. The third-order valence-electron chi connectivity index (χ3n) is 6.03. The number of halogens is 1. The van der Waals surface area contributed by atoms with E-state index in [4.69, 9.17) is 0 Å². The number of aromatic nitrogens is 2. The van der Waals surface area contributed by atoms with Crippen molar-refractivity contribution in [3.8, 4) is 6.07 Å². The Morgan fingerprint density at radius 3 is 2.69 bits per heavy atom. The minimum atomic E-state index is -0.257. The highest BCUT2D eigenvalue weighted by Crippen LogP contribution is 2.44. The summed E-state index contributed by atoms with van der Waals surface area (Å²) in [6, 6.07) is 2.34. The first-order valence-corrected chi connectivity index (χ1v) is 11.7. The van der Waals surface area contributed by atoms with Gasteiger partial charge >= 0.3 is 0 Å². The molecule has 0 saturated carbocycles. The summed E-state index contributed by atoms with van der Waals surface area (Å²) in [6.07, 6.45) is 3.00. The Morgan fingerprint density at radius 2 is 2.14 bits per heavy atom. The molecule has 3 rings (SSSR count). The lowest BCUT2D eigenvalue weighted by Crippen LogP contribution is -2.26. The van der Waals surface area contributed by atoms with Crippen molar-refractivity contribution in [1.82, 2.24) is 9.78 Å². The zero-order chi connectivity index (χ0) is 21.5. The van der Waals surface area contributed by atoms with E-state index in [1.807, 2.05) is 25.5 Å². The number of nitrogens with zero attached hydrogens (tertiary/aromatic N) is 3. The third kappa shape index (κ3) is 4.44. The van der Waals surface area contributed by atoms with Crippen LogP contribution in [-0.2, 0) is 24.2 Å². The fraction of sp³-hybridized carbons (Fsp3) is 0.591. The van der Waals surface area contributed by atoms with Gasteiger partial charge in [0, 0.05) is 10.6 Å². The van der Waals surface area contributed by atoms with Crippen LogP contribution in [0, 0.1) is 42.4 Å². The average molecular weight is 477 g/mol. The number of nitrogens with one attached hydrogen (secondary N) is 1. The standard InChI is InChI=1S/C22H29BrN4OS/c1-12(11-27-14(3)19(23)13(2)26-27)20(28)25-21-17(10-24)16-8-7-15(22(4,5)6)9-18(16)29-21/h12,15H,7-9,11H2,1-6H3,(H,25,28)/t12-,15+/m1/s1. The topological polar surface area (TPSA) is 70.7 Å². The van der Waals surface area contributed by atoms with Crippen LogP contribution in [0.2, 0.25) is 0 Å². The van der Waals surface area contributed by atoms with E-state index in [2.05, 4.69) is 53.2 Å². The van der Waals surface area contributed by atoms with Gasteiger partial charge in [0.05, 0.1) is 28.2 Å². The van der Waals surface area contributed by atoms with Gasteiger partial charge in [0.1, 0.15) is 11.1 Å². The predicted octanol–water partition coefficient (Wildman–Crippen LogP) is 5.62. The number of aryl methyl sites for hydroxylation is 1. The van der Waals surface area contributed by atoms with Gasteiger partial charge in [-0.05, 0) is 65.9 Å². The fourth-order valence-electron chi connectivity index (χ4n) is 3.96. The molecule has 29 heavy (non-hydrogen) atoms. The minimum Gasteiger partial charge on any atom is -0.316 e. The van der Waals surface area contributed by atoms with Crippen molar-refractivity contribution in [1.29, 1.82) is 5.26 Å². The fourth-order valence-corrected chi connectivity index (χ4v) is 5.53. The molecule has 2 aromatic rings. The maximum absolute atomic E-state index is 12.9. The first-order chi connectivity index (χ1) is 13.5. The number of rotatable bonds is 4. The van der Waals surface area contributed by atoms with Crippen LogP contribution in [0.3, 0.4) is 0 Å². The first-order valence-electron chi connectivity index (χ1n) is 10.1. The summed E-state index contributed by atoms with van der Waals surface area (Å²) in [5.74, 6) is 0.274. The normalized spacial score (nSPS) is 17.5. The number of carbonyl (C=O) groups is 1. The maximum Gasteiger partial charge on any atom is 0.229 e. The van der Waals surface area contributed by atoms with Crippen molar-refractivity contribution in [2.75, 3.05) is 5.32 Å². The van der Waals surface area contributed by atoms with Crippen LogP contribution in [0.25, 0.3) is 0 Å². The van der Waals surface area contributed by atoms with Crippen LogP contribution in [0.15, 0.2) is 4.47 Å². The largest absolute Gasteiger partial charge is 0.316 e. The lowest BCUT2D eigenvalue weighted by atomic mass is 9.72. The van der Waals surface area contributed by atoms with Crippen molar-refractivity contribution in [2.45, 2.75) is 67.3 Å². The molecular formula is C22H29BrN4OS. The molecular weight excluding hydrogens is 448 g/mol. The zero-order valence-electron chi connectivity index (χ0n) is 18.0. The molecule has 1 aliphatic rings. The van der Waals surface area contributed by atoms with Gasteiger partial charge in [0.2, 0.25) is 5.91 Å². The third-order valence-corrected chi connectivity index (χ3v) is 8.34. The first kappa shape index (κ1) is 22.0. The molecule has 1 amide bonds. The summed E-state index contributed by atoms with van der Waals surface area (Å²) in [5, 5.41) is 18.0. The second-order valence-corrected chi connectivity index (χ2v) is 11.1. The van der Waals surface area contributed by atoms with Crippen LogP contribution in [0.1, 0.15) is 61.5 Å². The number of amides is 1. The number of hydrogen-bond acceptors (Lipinski definition) is 4. The second-order valence-electron chi connectivity index (χ2n) is 9.18. The van der Waals surface area contributed by atoms with Gasteiger partial charge in [-0.25, -0.2) is 0 Å². The number of fused-ring (bicyclic) bond motifs is 1. The Hall–Kier alpha value is -1.65. The Labute approximate surface area is 185 Å². The molecule has 2 heterocycles. The molecule has 5 nitrogen and oxygen atoms in total. The van der Waals surface area contributed by atoms with E-state index in [1.54, 1.807) is 11.3 Å². The van der Waals surface area contributed by atoms with Gasteiger partial charge in [-0.2, -0.15) is 10.4 Å². The smallest absolute Gasteiger partial charge is 0.229 e. The molecule has 0 aromatic carbocycles. The number of hydrogen-bond donors (Lipinski definition) is 1. The van der Waals surface area contributed by atoms with Crippen molar-refractivity contribution >= 4 is 38.2 Å². The molecule has 0 radical (unpaired) electrons. The molecule has 1 N–H and O–H groups in total. The van der Waals surface area contributed by atoms with E-state index in [0.717, 1.165) is 40.7 Å². The van der Waals surface area contributed by atoms with Gasteiger partial charge < -0.3 is 5.32 Å². The van der Waals surface area contributed by atoms with Crippen LogP contribution >= 0.6 is 27.3 Å². The van der Waals surface area contributed by atoms with Gasteiger partial charge in [0.15, 0.2) is 0 Å². The molecule has 0 unspecified atom stereocenters. The summed E-state index contributed by atoms with van der Waals surface area (Å²) in [4.78, 5) is 14.1. The molecule has 0 saturated heterocycles. The summed E-state index contributed by atoms with van der Waals surface area (Å²) >= 11 is 5.12. The summed E-state index contributed by atoms with van der Waals surface area (Å²) in [7, 11) is 0. The minimum absolute atomic E-state index is 0.0730. The van der Waals surface area contributed by atoms with Crippen LogP contribution in [0.4, 0.5) is 5.00 Å². The molecule has 2 aromatic heterocycles. The predicted molar refractivity (Wildman–Crippen MR) is 121 cm³/mol. The zero-order valence-corrected chi connectivity index (χ0v) is 20.4. The lowest BCUT2D eigenvalue weighted by Gasteiger charge is -2.33. The molecule has 2 atom stereocenters. The molecule has 1 aliphatic carbocycles. The molecule has 7 heteroatoms. The quantitative estimate of drug-likeness (QED) is 0.621. The lowest BCUT2D eigenvalue weighted by molar-refractivity contribution is -0.119. The van der Waals surface area contributed by atoms with Crippen molar-refractivity contribution in [3.63, 3.8) is 0 Å². The molecule has 0 spiro atoms. The van der Waals surface area contributed by atoms with E-state index in [1.165, 1.54) is 4.88 Å². The number of carbonyl (C=O) groups excluding carboxylic acids is 1. The van der Waals surface area contributed by atoms with E-state index in [0.29, 0.717) is 23.0 Å². The van der Waals surface area contributed by atoms with Crippen molar-refractivity contribution in [2.24, 2.45) is 17.3 Å². The number of nitriles is 1. The van der Waals surface area contributed by atoms with Crippen LogP contribution in [0.5, 0.6) is 0 Å². The summed E-state index contributed by atoms with van der Waals surface area (Å²) in [6.45, 7) is 13.2. The highest BCUT2D eigenvalue weighted by Gasteiger charge is 2.32. The number of anilines is 1. The Bertz CT molecular complexity index is 977. The van der Waals surface area contributed by atoms with E-state index in [-0.39, 0.29) is 17.2 Å². The highest BCUT2D eigenvalue weighted by molar-refractivity contribution is 9.10. The monoisotopic (exact) mass is 476 g/mol. The second kappa shape index (κ2) is 8.23. The SMILES string of the molecule is Cc1nn(C[C@@H](C)C(=O)Nc2sc3c(c2C#N)CC[C@H](C(C)(C)C)C3)c(C)c1Br. The molecule has 0 aliphatic heterocycles. The van der Waals surface area contributed by atoms with Gasteiger partial charge in [-0.1, -0.05) is 27.7 Å². The van der Waals surface area contributed by atoms with Gasteiger partial charge in [-0.3, -0.25) is 9.48 Å². The van der Waals surface area contributed by atoms with Crippen molar-refractivity contribution in [3.05, 3.63) is 31.9 Å². The summed E-state index contributed by atoms with van der Waals surface area (Å²) in [5.41, 5.74) is 3.98. The van der Waals surface area contributed by atoms with Crippen LogP contribution < -0.4 is 5.32 Å². The van der Waals surface area contributed by atoms with Gasteiger partial charge in [0.25, 0.3) is 0 Å². The molecule has 0 fully saturated rings. The maximum atomic E-state index is 12.9. The Balaban J connectivity index is 1.76. The van der Waals surface area contributed by atoms with Crippen molar-refractivity contribution < 1.29 is 4.79 Å². The molecule has 0 bridgehead atoms. The van der Waals surface area contributed by atoms with E-state index in [9.17, 15) is 10.1 Å². The number of thiophene rings is 1. The molecule has 156 valence electrons.